The molecule has 374 valence electrons. The standard InChI is InChI=1S/C37H61N3O25/c1-5-20(48)38-23-15(45)9-36(33(56)57,64-29(23)26(51)17(47)11-41)61-19(13-43)28(53)31-25(40-22(50)7-3)16(46)10-37(65-31,34(58)59)62-18(12-42)27(52)30-24(39-21(49)6-2)14(44)8-35(60-4,63-30)32(54)55/h14-19,23-31,41-47,51-53H,5-13H2,1-4H3,(H,38,48)(H,39,49)(H,40,50)(H,54,55)(H,56,57)(H,58,59)/t14-,15-,16-,17+,18+,19+,23+,24+,25+,26+,27+,28+,29+,30+,31+,35+,36+,37+/m0/s1. The van der Waals surface area contributed by atoms with E-state index in [1.165, 1.54) is 20.8 Å². The molecule has 0 aromatic rings. The Morgan fingerprint density at radius 3 is 1.09 bits per heavy atom. The van der Waals surface area contributed by atoms with Gasteiger partial charge in [0.05, 0.1) is 56.3 Å². The Balaban J connectivity index is 2.12. The number of aliphatic carboxylic acids is 3. The van der Waals surface area contributed by atoms with Crippen LogP contribution in [0, 0.1) is 0 Å². The Kier molecular flexibility index (Phi) is 19.9. The number of hydrogen-bond donors (Lipinski definition) is 16. The Labute approximate surface area is 369 Å². The third kappa shape index (κ3) is 12.2. The lowest BCUT2D eigenvalue weighted by molar-refractivity contribution is -0.356. The molecular weight excluding hydrogens is 886 g/mol. The first-order valence-electron chi connectivity index (χ1n) is 20.5. The highest BCUT2D eigenvalue weighted by Crippen LogP contribution is 2.40. The van der Waals surface area contributed by atoms with E-state index in [9.17, 15) is 95.2 Å². The maximum Gasteiger partial charge on any atom is 0.364 e. The molecule has 3 aliphatic heterocycles. The molecule has 0 radical (unpaired) electrons. The lowest BCUT2D eigenvalue weighted by Gasteiger charge is -2.50. The molecule has 3 rings (SSSR count). The first kappa shape index (κ1) is 55.5. The summed E-state index contributed by atoms with van der Waals surface area (Å²) in [5, 5.41) is 147. The number of amides is 3. The predicted octanol–water partition coefficient (Wildman–Crippen LogP) is -7.70. The van der Waals surface area contributed by atoms with Crippen molar-refractivity contribution in [3.8, 4) is 0 Å². The molecular formula is C37H61N3O25. The van der Waals surface area contributed by atoms with E-state index in [-0.39, 0.29) is 19.3 Å². The number of methoxy groups -OCH3 is 1. The number of ether oxygens (including phenoxy) is 6. The fourth-order valence-electron chi connectivity index (χ4n) is 7.69. The molecule has 0 aliphatic carbocycles. The summed E-state index contributed by atoms with van der Waals surface area (Å²) in [6.45, 7) is 0.221. The maximum atomic E-state index is 13.2. The zero-order chi connectivity index (χ0) is 49.4. The molecule has 28 nitrogen and oxygen atoms in total. The number of rotatable bonds is 23. The number of aliphatic hydroxyl groups is 10. The fraction of sp³-hybridized carbons (Fsp3) is 0.838. The molecule has 3 saturated heterocycles. The van der Waals surface area contributed by atoms with Crippen LogP contribution in [0.2, 0.25) is 0 Å². The summed E-state index contributed by atoms with van der Waals surface area (Å²) in [5.74, 6) is -17.7. The van der Waals surface area contributed by atoms with Gasteiger partial charge in [0.25, 0.3) is 17.4 Å². The van der Waals surface area contributed by atoms with E-state index in [2.05, 4.69) is 16.0 Å². The van der Waals surface area contributed by atoms with Crippen molar-refractivity contribution < 1.29 is 124 Å². The van der Waals surface area contributed by atoms with Crippen molar-refractivity contribution in [3.05, 3.63) is 0 Å². The predicted molar refractivity (Wildman–Crippen MR) is 206 cm³/mol. The lowest BCUT2D eigenvalue weighted by atomic mass is 9.86. The number of hydrogen-bond acceptors (Lipinski definition) is 22. The van der Waals surface area contributed by atoms with E-state index >= 15 is 0 Å². The Bertz CT molecular complexity index is 1660. The van der Waals surface area contributed by atoms with Crippen LogP contribution in [0.25, 0.3) is 0 Å². The summed E-state index contributed by atoms with van der Waals surface area (Å²) in [6, 6.07) is -5.22. The molecule has 3 amide bonds. The quantitative estimate of drug-likeness (QED) is 0.0452. The number of carboxylic acid groups (broad SMARTS) is 3. The normalized spacial score (nSPS) is 35.6. The first-order chi connectivity index (χ1) is 30.4. The second-order valence-electron chi connectivity index (χ2n) is 15.7. The highest BCUT2D eigenvalue weighted by molar-refractivity contribution is 5.79. The van der Waals surface area contributed by atoms with Gasteiger partial charge in [0.15, 0.2) is 0 Å². The van der Waals surface area contributed by atoms with Crippen molar-refractivity contribution in [3.63, 3.8) is 0 Å². The van der Waals surface area contributed by atoms with E-state index in [1.807, 2.05) is 0 Å². The van der Waals surface area contributed by atoms with Crippen molar-refractivity contribution in [1.29, 1.82) is 0 Å². The van der Waals surface area contributed by atoms with Crippen molar-refractivity contribution >= 4 is 35.6 Å². The largest absolute Gasteiger partial charge is 0.477 e. The Morgan fingerprint density at radius 2 is 0.831 bits per heavy atom. The van der Waals surface area contributed by atoms with Gasteiger partial charge in [-0.15, -0.1) is 0 Å². The van der Waals surface area contributed by atoms with Crippen molar-refractivity contribution in [2.75, 3.05) is 26.9 Å². The molecule has 0 unspecified atom stereocenters. The van der Waals surface area contributed by atoms with Crippen LogP contribution >= 0.6 is 0 Å². The molecule has 3 fully saturated rings. The van der Waals surface area contributed by atoms with Gasteiger partial charge >= 0.3 is 17.9 Å². The second-order valence-corrected chi connectivity index (χ2v) is 15.7. The Morgan fingerprint density at radius 1 is 0.538 bits per heavy atom. The smallest absolute Gasteiger partial charge is 0.364 e. The summed E-state index contributed by atoms with van der Waals surface area (Å²) in [5.41, 5.74) is 0. The van der Waals surface area contributed by atoms with Gasteiger partial charge in [-0.3, -0.25) is 14.4 Å². The Hall–Kier alpha value is -3.82. The van der Waals surface area contributed by atoms with Crippen LogP contribution in [0.4, 0.5) is 0 Å². The molecule has 65 heavy (non-hydrogen) atoms. The van der Waals surface area contributed by atoms with Gasteiger partial charge in [-0.25, -0.2) is 14.4 Å². The molecule has 0 bridgehead atoms. The highest BCUT2D eigenvalue weighted by atomic mass is 16.8. The monoisotopic (exact) mass is 947 g/mol. The van der Waals surface area contributed by atoms with E-state index in [1.54, 1.807) is 0 Å². The molecule has 16 N–H and O–H groups in total. The summed E-state index contributed by atoms with van der Waals surface area (Å²) in [6.07, 6.45) is -30.3. The van der Waals surface area contributed by atoms with Crippen LogP contribution in [0.5, 0.6) is 0 Å². The van der Waals surface area contributed by atoms with E-state index in [0.717, 1.165) is 7.11 Å². The van der Waals surface area contributed by atoms with Crippen LogP contribution in [-0.4, -0.2) is 238 Å². The van der Waals surface area contributed by atoms with Crippen LogP contribution in [0.3, 0.4) is 0 Å². The zero-order valence-corrected chi connectivity index (χ0v) is 35.7. The number of aliphatic hydroxyl groups excluding tert-OH is 10. The lowest BCUT2D eigenvalue weighted by Crippen LogP contribution is -2.71. The highest BCUT2D eigenvalue weighted by Gasteiger charge is 2.62. The SMILES string of the molecule is CCC(=O)N[C@H]1[C@H]([C@H](O)[C@H](O)CO)O[C@@](O[C@H](CO)[C@@H](O)[C@@H]2O[C@@](O[C@H](CO)[C@@H](O)[C@@H]3O[C@@](OC)(C(=O)O)C[C@H](O)[C@H]3NC(=O)CC)(C(=O)O)C[C@H](O)[C@H]2NC(=O)CC)(C(=O)O)C[C@@H]1O. The summed E-state index contributed by atoms with van der Waals surface area (Å²) in [4.78, 5) is 75.9. The molecule has 18 atom stereocenters. The van der Waals surface area contributed by atoms with Crippen LogP contribution < -0.4 is 16.0 Å². The number of nitrogens with one attached hydrogen (secondary N) is 3. The van der Waals surface area contributed by atoms with Gasteiger partial charge in [-0.2, -0.15) is 0 Å². The van der Waals surface area contributed by atoms with Gasteiger partial charge in [0, 0.05) is 45.6 Å². The van der Waals surface area contributed by atoms with Crippen LogP contribution in [0.15, 0.2) is 0 Å². The number of carbonyl (C=O) groups excluding carboxylic acids is 3. The van der Waals surface area contributed by atoms with E-state index in [0.29, 0.717) is 0 Å². The summed E-state index contributed by atoms with van der Waals surface area (Å²) < 4.78 is 33.2. The van der Waals surface area contributed by atoms with Crippen LogP contribution in [0.1, 0.15) is 59.3 Å². The van der Waals surface area contributed by atoms with Gasteiger partial charge in [-0.05, 0) is 0 Å². The number of carboxylic acids is 3. The molecule has 3 heterocycles. The van der Waals surface area contributed by atoms with Crippen molar-refractivity contribution in [2.24, 2.45) is 0 Å². The zero-order valence-electron chi connectivity index (χ0n) is 35.7. The minimum atomic E-state index is -3.32. The molecule has 0 aromatic heterocycles. The van der Waals surface area contributed by atoms with E-state index in [4.69, 9.17) is 28.4 Å². The third-order valence-corrected chi connectivity index (χ3v) is 11.4. The van der Waals surface area contributed by atoms with Crippen molar-refractivity contribution in [1.82, 2.24) is 16.0 Å². The minimum absolute atomic E-state index is 0.190. The van der Waals surface area contributed by atoms with E-state index < -0.39 is 183 Å². The topological polar surface area (TPSA) is 457 Å². The third-order valence-electron chi connectivity index (χ3n) is 11.4. The fourth-order valence-corrected chi connectivity index (χ4v) is 7.69. The minimum Gasteiger partial charge on any atom is -0.477 e. The van der Waals surface area contributed by atoms with Gasteiger partial charge in [0.2, 0.25) is 17.7 Å². The van der Waals surface area contributed by atoms with Gasteiger partial charge in [-0.1, -0.05) is 20.8 Å². The number of carbonyl (C=O) groups is 6. The molecule has 0 saturated carbocycles. The maximum absolute atomic E-state index is 13.2. The summed E-state index contributed by atoms with van der Waals surface area (Å²) in [7, 11) is 0.877. The molecule has 28 heteroatoms. The van der Waals surface area contributed by atoms with Crippen molar-refractivity contribution in [2.45, 2.75) is 168 Å². The average Bonchev–Trinajstić information content (AvgIpc) is 3.27. The van der Waals surface area contributed by atoms with Crippen LogP contribution in [-0.2, 0) is 57.2 Å². The molecule has 0 aromatic carbocycles. The van der Waals surface area contributed by atoms with Gasteiger partial charge < -0.3 is 111 Å². The molecule has 3 aliphatic rings. The molecule has 0 spiro atoms. The summed E-state index contributed by atoms with van der Waals surface area (Å²) >= 11 is 0. The van der Waals surface area contributed by atoms with Gasteiger partial charge in [0.1, 0.15) is 54.9 Å². The average molecular weight is 948 g/mol. The first-order valence-corrected chi connectivity index (χ1v) is 20.5. The second kappa shape index (κ2) is 23.3.